The summed E-state index contributed by atoms with van der Waals surface area (Å²) >= 11 is 0. The molecule has 1 aliphatic rings. The summed E-state index contributed by atoms with van der Waals surface area (Å²) in [6.45, 7) is 0. The van der Waals surface area contributed by atoms with E-state index in [4.69, 9.17) is 5.73 Å². The molecular weight excluding hydrogens is 540 g/mol. The maximum Gasteiger partial charge on any atom is 0.296 e. The molecule has 36 heavy (non-hydrogen) atoms. The molecule has 0 unspecified atom stereocenters. The second-order valence-corrected chi connectivity index (χ2v) is 11.6. The van der Waals surface area contributed by atoms with Gasteiger partial charge < -0.3 is 11.1 Å². The molecule has 0 aliphatic heterocycles. The highest BCUT2D eigenvalue weighted by molar-refractivity contribution is 7.86. The summed E-state index contributed by atoms with van der Waals surface area (Å²) in [4.78, 5) is 24.2. The molecule has 0 fully saturated rings. The van der Waals surface area contributed by atoms with Crippen molar-refractivity contribution in [3.8, 4) is 0 Å². The molecule has 0 aromatic heterocycles. The Hall–Kier alpha value is -3.67. The number of hydrogen-bond acceptors (Lipinski definition) is 10. The Bertz CT molecular complexity index is 1830. The van der Waals surface area contributed by atoms with E-state index in [0.717, 1.165) is 30.3 Å². The molecule has 0 atom stereocenters. The highest BCUT2D eigenvalue weighted by Gasteiger charge is 2.39. The number of nitrogen functional groups attached to an aromatic ring is 1. The number of para-hydroxylation sites is 1. The third kappa shape index (κ3) is 4.15. The van der Waals surface area contributed by atoms with Gasteiger partial charge in [0.2, 0.25) is 0 Å². The van der Waals surface area contributed by atoms with Gasteiger partial charge in [0.05, 0.1) is 33.8 Å². The summed E-state index contributed by atoms with van der Waals surface area (Å²) < 4.78 is 100. The molecule has 0 spiro atoms. The fraction of sp³-hybridized carbons (Fsp3) is 0. The van der Waals surface area contributed by atoms with Gasteiger partial charge in [-0.3, -0.25) is 23.2 Å². The zero-order chi connectivity index (χ0) is 26.8. The van der Waals surface area contributed by atoms with Gasteiger partial charge in [-0.25, -0.2) is 0 Å². The first kappa shape index (κ1) is 25.4. The zero-order valence-electron chi connectivity index (χ0n) is 17.5. The summed E-state index contributed by atoms with van der Waals surface area (Å²) in [5.74, 6) is -2.30. The van der Waals surface area contributed by atoms with Gasteiger partial charge >= 0.3 is 0 Å². The lowest BCUT2D eigenvalue weighted by atomic mass is 9.82. The fourth-order valence-corrected chi connectivity index (χ4v) is 5.83. The smallest absolute Gasteiger partial charge is 0.296 e. The number of ketones is 2. The van der Waals surface area contributed by atoms with Crippen LogP contribution in [0.25, 0.3) is 0 Å². The lowest BCUT2D eigenvalue weighted by molar-refractivity contribution is 0.0977. The average Bonchev–Trinajstić information content (AvgIpc) is 2.76. The average molecular weight is 555 g/mol. The molecule has 0 saturated heterocycles. The third-order valence-corrected chi connectivity index (χ3v) is 7.97. The Labute approximate surface area is 203 Å². The lowest BCUT2D eigenvalue weighted by Gasteiger charge is -2.25. The first-order chi connectivity index (χ1) is 16.5. The quantitative estimate of drug-likeness (QED) is 0.174. The van der Waals surface area contributed by atoms with E-state index in [-0.39, 0.29) is 5.69 Å². The number of anilines is 3. The first-order valence-electron chi connectivity index (χ1n) is 9.51. The van der Waals surface area contributed by atoms with Crippen molar-refractivity contribution in [2.45, 2.75) is 14.7 Å². The van der Waals surface area contributed by atoms with Crippen molar-refractivity contribution in [3.63, 3.8) is 0 Å². The molecular formula is C20H14N2O11S3. The molecule has 3 aromatic carbocycles. The first-order valence-corrected chi connectivity index (χ1v) is 13.8. The predicted molar refractivity (Wildman–Crippen MR) is 123 cm³/mol. The maximum atomic E-state index is 13.4. The molecule has 6 N–H and O–H groups in total. The van der Waals surface area contributed by atoms with Gasteiger partial charge in [-0.15, -0.1) is 0 Å². The van der Waals surface area contributed by atoms with Crippen LogP contribution in [0.3, 0.4) is 0 Å². The Morgan fingerprint density at radius 3 is 1.75 bits per heavy atom. The summed E-state index contributed by atoms with van der Waals surface area (Å²) in [7, 11) is -15.0. The largest absolute Gasteiger partial charge is 0.397 e. The second kappa shape index (κ2) is 8.19. The number of nitrogens with two attached hydrogens (primary N) is 1. The van der Waals surface area contributed by atoms with Crippen molar-refractivity contribution in [2.24, 2.45) is 0 Å². The van der Waals surface area contributed by atoms with E-state index in [1.807, 2.05) is 0 Å². The van der Waals surface area contributed by atoms with Crippen LogP contribution in [0.5, 0.6) is 0 Å². The van der Waals surface area contributed by atoms with Crippen LogP contribution in [-0.4, -0.2) is 50.5 Å². The molecule has 1 aliphatic carbocycles. The van der Waals surface area contributed by atoms with E-state index in [1.54, 1.807) is 0 Å². The Morgan fingerprint density at radius 2 is 1.17 bits per heavy atom. The lowest BCUT2D eigenvalue weighted by Crippen LogP contribution is -2.27. The molecule has 3 aromatic rings. The van der Waals surface area contributed by atoms with Crippen LogP contribution in [0.1, 0.15) is 31.8 Å². The van der Waals surface area contributed by atoms with Crippen molar-refractivity contribution in [1.82, 2.24) is 0 Å². The Balaban J connectivity index is 2.10. The number of benzene rings is 3. The minimum Gasteiger partial charge on any atom is -0.397 e. The number of fused-ring (bicyclic) bond motifs is 2. The predicted octanol–water partition coefficient (Wildman–Crippen LogP) is 1.53. The molecule has 0 heterocycles. The van der Waals surface area contributed by atoms with Crippen LogP contribution < -0.4 is 11.1 Å². The van der Waals surface area contributed by atoms with Crippen LogP contribution in [0, 0.1) is 0 Å². The number of carbonyl (C=O) groups excluding carboxylic acids is 2. The number of hydrogen-bond donors (Lipinski definition) is 5. The van der Waals surface area contributed by atoms with E-state index in [2.05, 4.69) is 5.32 Å². The zero-order valence-corrected chi connectivity index (χ0v) is 20.0. The van der Waals surface area contributed by atoms with Crippen molar-refractivity contribution < 1.29 is 48.5 Å². The number of rotatable bonds is 5. The molecule has 0 amide bonds. The van der Waals surface area contributed by atoms with E-state index < -0.39 is 90.2 Å². The monoisotopic (exact) mass is 554 g/mol. The fourth-order valence-electron chi connectivity index (χ4n) is 3.83. The minimum absolute atomic E-state index is 0.342. The normalized spacial score (nSPS) is 13.8. The van der Waals surface area contributed by atoms with Crippen molar-refractivity contribution in [3.05, 3.63) is 70.8 Å². The molecule has 0 saturated carbocycles. The third-order valence-electron chi connectivity index (χ3n) is 5.27. The van der Waals surface area contributed by atoms with Crippen LogP contribution >= 0.6 is 0 Å². The molecule has 0 radical (unpaired) electrons. The second-order valence-electron chi connectivity index (χ2n) is 7.47. The molecule has 0 bridgehead atoms. The minimum atomic E-state index is -5.14. The van der Waals surface area contributed by atoms with Gasteiger partial charge in [0.1, 0.15) is 14.7 Å². The van der Waals surface area contributed by atoms with E-state index in [9.17, 15) is 48.5 Å². The van der Waals surface area contributed by atoms with Crippen molar-refractivity contribution in [1.29, 1.82) is 0 Å². The number of nitrogens with one attached hydrogen (secondary N) is 1. The van der Waals surface area contributed by atoms with Gasteiger partial charge in [0.25, 0.3) is 30.4 Å². The summed E-state index contributed by atoms with van der Waals surface area (Å²) in [5, 5.41) is 2.46. The molecule has 13 nitrogen and oxygen atoms in total. The highest BCUT2D eigenvalue weighted by atomic mass is 32.2. The molecule has 4 rings (SSSR count). The topological polar surface area (TPSA) is 235 Å². The van der Waals surface area contributed by atoms with E-state index in [0.29, 0.717) is 6.07 Å². The van der Waals surface area contributed by atoms with Crippen LogP contribution in [0.2, 0.25) is 0 Å². The van der Waals surface area contributed by atoms with Crippen LogP contribution in [0.4, 0.5) is 17.1 Å². The van der Waals surface area contributed by atoms with Crippen LogP contribution in [-0.2, 0) is 30.4 Å². The molecule has 16 heteroatoms. The standard InChI is InChI=1S/C20H14N2O11S3/c21-18-14(36(31,32)33)8-11(22-10-5-1-2-6-12(10)34(25,26)27)16-17(18)20(24)15-9(19(16)23)4-3-7-13(15)35(28,29)30/h1-8,22H,21H2,(H,25,26,27)(H,28,29,30)(H,31,32,33). The van der Waals surface area contributed by atoms with E-state index in [1.165, 1.54) is 12.1 Å². The van der Waals surface area contributed by atoms with Crippen molar-refractivity contribution in [2.75, 3.05) is 11.1 Å². The van der Waals surface area contributed by atoms with Crippen LogP contribution in [0.15, 0.2) is 63.2 Å². The molecule has 188 valence electrons. The van der Waals surface area contributed by atoms with Gasteiger partial charge in [-0.05, 0) is 24.3 Å². The summed E-state index contributed by atoms with van der Waals surface area (Å²) in [6, 6.07) is 8.42. The van der Waals surface area contributed by atoms with Gasteiger partial charge in [-0.2, -0.15) is 25.3 Å². The van der Waals surface area contributed by atoms with Gasteiger partial charge in [0, 0.05) is 5.56 Å². The highest BCUT2D eigenvalue weighted by Crippen LogP contribution is 2.42. The summed E-state index contributed by atoms with van der Waals surface area (Å²) in [5.41, 5.74) is 1.44. The van der Waals surface area contributed by atoms with Gasteiger partial charge in [0.15, 0.2) is 11.6 Å². The van der Waals surface area contributed by atoms with Gasteiger partial charge in [-0.1, -0.05) is 24.3 Å². The Morgan fingerprint density at radius 1 is 0.611 bits per heavy atom. The number of carbonyl (C=O) groups is 2. The SMILES string of the molecule is Nc1c(S(=O)(=O)O)cc(Nc2ccccc2S(=O)(=O)O)c2c1C(=O)c1c(cccc1S(=O)(=O)O)C2=O. The summed E-state index contributed by atoms with van der Waals surface area (Å²) in [6.07, 6.45) is 0. The Kier molecular flexibility index (Phi) is 5.78. The van der Waals surface area contributed by atoms with E-state index >= 15 is 0 Å². The van der Waals surface area contributed by atoms with Crippen molar-refractivity contribution >= 4 is 59.0 Å². The maximum absolute atomic E-state index is 13.4.